The van der Waals surface area contributed by atoms with Gasteiger partial charge in [-0.05, 0) is 63.7 Å². The summed E-state index contributed by atoms with van der Waals surface area (Å²) in [6.45, 7) is 8.13. The van der Waals surface area contributed by atoms with E-state index in [2.05, 4.69) is 17.6 Å². The largest absolute Gasteiger partial charge is 0.487 e. The highest BCUT2D eigenvalue weighted by molar-refractivity contribution is 6.32. The third-order valence-electron chi connectivity index (χ3n) is 4.24. The molecule has 0 aromatic heterocycles. The standard InChI is InChI=1S/C18H27ClN2O2.ClH/c1-12(2)23-18-15(19)7-4-8-16(18)21-17(22)10-13(3)14-6-5-9-20-11-14;/h4,7-8,12-14,20H,5-6,9-11H2,1-3H3,(H,21,22);1H. The molecule has 0 aliphatic carbocycles. The lowest BCUT2D eigenvalue weighted by Crippen LogP contribution is -2.34. The lowest BCUT2D eigenvalue weighted by atomic mass is 9.85. The molecule has 1 fully saturated rings. The van der Waals surface area contributed by atoms with Crippen LogP contribution in [-0.4, -0.2) is 25.1 Å². The van der Waals surface area contributed by atoms with Crippen LogP contribution in [0.15, 0.2) is 18.2 Å². The van der Waals surface area contributed by atoms with Gasteiger partial charge in [0.2, 0.25) is 5.91 Å². The first kappa shape index (κ1) is 21.1. The summed E-state index contributed by atoms with van der Waals surface area (Å²) >= 11 is 6.20. The molecule has 1 amide bonds. The fraction of sp³-hybridized carbons (Fsp3) is 0.611. The van der Waals surface area contributed by atoms with Gasteiger partial charge in [-0.3, -0.25) is 4.79 Å². The minimum absolute atomic E-state index is 0. The normalized spacial score (nSPS) is 18.6. The number of piperidine rings is 1. The molecule has 1 aromatic rings. The van der Waals surface area contributed by atoms with Crippen molar-refractivity contribution in [3.05, 3.63) is 23.2 Å². The maximum Gasteiger partial charge on any atom is 0.224 e. The number of hydrogen-bond acceptors (Lipinski definition) is 3. The fourth-order valence-electron chi connectivity index (χ4n) is 2.99. The maximum absolute atomic E-state index is 12.4. The molecule has 1 aromatic carbocycles. The molecule has 0 spiro atoms. The van der Waals surface area contributed by atoms with Crippen molar-refractivity contribution in [3.63, 3.8) is 0 Å². The van der Waals surface area contributed by atoms with Crippen molar-refractivity contribution in [3.8, 4) is 5.75 Å². The van der Waals surface area contributed by atoms with Crippen LogP contribution in [0.3, 0.4) is 0 Å². The molecular weight excluding hydrogens is 347 g/mol. The van der Waals surface area contributed by atoms with Crippen molar-refractivity contribution in [2.24, 2.45) is 11.8 Å². The topological polar surface area (TPSA) is 50.4 Å². The molecule has 1 aliphatic heterocycles. The second-order valence-electron chi connectivity index (χ2n) is 6.62. The SMILES string of the molecule is CC(C)Oc1c(Cl)cccc1NC(=O)CC(C)C1CCCNC1.Cl. The molecule has 2 rings (SSSR count). The molecular formula is C18H28Cl2N2O2. The third kappa shape index (κ3) is 6.15. The van der Waals surface area contributed by atoms with E-state index < -0.39 is 0 Å². The number of hydrogen-bond donors (Lipinski definition) is 2. The van der Waals surface area contributed by atoms with Crippen molar-refractivity contribution >= 4 is 35.6 Å². The number of amides is 1. The molecule has 2 atom stereocenters. The van der Waals surface area contributed by atoms with Crippen molar-refractivity contribution in [1.29, 1.82) is 0 Å². The molecule has 1 saturated heterocycles. The smallest absolute Gasteiger partial charge is 0.224 e. The van der Waals surface area contributed by atoms with Gasteiger partial charge in [0.05, 0.1) is 16.8 Å². The molecule has 0 bridgehead atoms. The lowest BCUT2D eigenvalue weighted by molar-refractivity contribution is -0.117. The molecule has 1 aliphatic rings. The zero-order valence-corrected chi connectivity index (χ0v) is 16.2. The summed E-state index contributed by atoms with van der Waals surface area (Å²) in [5.41, 5.74) is 0.644. The molecule has 24 heavy (non-hydrogen) atoms. The Morgan fingerprint density at radius 1 is 1.42 bits per heavy atom. The Morgan fingerprint density at radius 3 is 2.79 bits per heavy atom. The Labute approximate surface area is 156 Å². The number of para-hydroxylation sites is 1. The monoisotopic (exact) mass is 374 g/mol. The third-order valence-corrected chi connectivity index (χ3v) is 4.54. The van der Waals surface area contributed by atoms with E-state index in [-0.39, 0.29) is 24.4 Å². The predicted molar refractivity (Wildman–Crippen MR) is 102 cm³/mol. The van der Waals surface area contributed by atoms with Crippen molar-refractivity contribution < 1.29 is 9.53 Å². The average Bonchev–Trinajstić information content (AvgIpc) is 2.51. The van der Waals surface area contributed by atoms with E-state index in [1.807, 2.05) is 26.0 Å². The zero-order valence-electron chi connectivity index (χ0n) is 14.6. The number of nitrogens with one attached hydrogen (secondary N) is 2. The number of benzene rings is 1. The van der Waals surface area contributed by atoms with Gasteiger partial charge in [-0.1, -0.05) is 24.6 Å². The first-order valence-electron chi connectivity index (χ1n) is 8.43. The summed E-state index contributed by atoms with van der Waals surface area (Å²) < 4.78 is 5.74. The van der Waals surface area contributed by atoms with Crippen LogP contribution < -0.4 is 15.4 Å². The number of halogens is 2. The van der Waals surface area contributed by atoms with E-state index in [1.165, 1.54) is 12.8 Å². The Hall–Kier alpha value is -0.970. The van der Waals surface area contributed by atoms with Crippen LogP contribution in [0.1, 0.15) is 40.0 Å². The van der Waals surface area contributed by atoms with Crippen LogP contribution in [0.25, 0.3) is 0 Å². The summed E-state index contributed by atoms with van der Waals surface area (Å²) in [6, 6.07) is 5.42. The average molecular weight is 375 g/mol. The zero-order chi connectivity index (χ0) is 16.8. The van der Waals surface area contributed by atoms with Crippen molar-refractivity contribution in [2.45, 2.75) is 46.1 Å². The van der Waals surface area contributed by atoms with Gasteiger partial charge in [-0.25, -0.2) is 0 Å². The lowest BCUT2D eigenvalue weighted by Gasteiger charge is -2.28. The Balaban J connectivity index is 0.00000288. The molecule has 136 valence electrons. The Bertz CT molecular complexity index is 532. The number of carbonyl (C=O) groups is 1. The van der Waals surface area contributed by atoms with Crippen LogP contribution in [0, 0.1) is 11.8 Å². The Kier molecular flexibility index (Phi) is 8.88. The van der Waals surface area contributed by atoms with Crippen LogP contribution in [-0.2, 0) is 4.79 Å². The summed E-state index contributed by atoms with van der Waals surface area (Å²) in [5, 5.41) is 6.88. The second kappa shape index (κ2) is 10.1. The van der Waals surface area contributed by atoms with E-state index in [0.29, 0.717) is 34.7 Å². The van der Waals surface area contributed by atoms with Crippen LogP contribution in [0.2, 0.25) is 5.02 Å². The predicted octanol–water partition coefficient (Wildman–Crippen LogP) is 4.51. The van der Waals surface area contributed by atoms with E-state index in [9.17, 15) is 4.79 Å². The van der Waals surface area contributed by atoms with Gasteiger partial charge in [0.15, 0.2) is 5.75 Å². The fourth-order valence-corrected chi connectivity index (χ4v) is 3.21. The van der Waals surface area contributed by atoms with E-state index >= 15 is 0 Å². The van der Waals surface area contributed by atoms with Crippen molar-refractivity contribution in [1.82, 2.24) is 5.32 Å². The minimum atomic E-state index is -0.00205. The van der Waals surface area contributed by atoms with E-state index in [0.717, 1.165) is 13.1 Å². The number of rotatable bonds is 6. The van der Waals surface area contributed by atoms with Crippen molar-refractivity contribution in [2.75, 3.05) is 18.4 Å². The highest BCUT2D eigenvalue weighted by atomic mass is 35.5. The summed E-state index contributed by atoms with van der Waals surface area (Å²) in [6.07, 6.45) is 2.90. The highest BCUT2D eigenvalue weighted by Crippen LogP contribution is 2.34. The van der Waals surface area contributed by atoms with Gasteiger partial charge in [0.1, 0.15) is 0 Å². The number of anilines is 1. The molecule has 6 heteroatoms. The number of carbonyl (C=O) groups excluding carboxylic acids is 1. The first-order chi connectivity index (χ1) is 11.0. The molecule has 2 unspecified atom stereocenters. The van der Waals surface area contributed by atoms with E-state index in [1.54, 1.807) is 6.07 Å². The molecule has 1 heterocycles. The first-order valence-corrected chi connectivity index (χ1v) is 8.81. The molecule has 4 nitrogen and oxygen atoms in total. The van der Waals surface area contributed by atoms with Crippen LogP contribution >= 0.6 is 24.0 Å². The van der Waals surface area contributed by atoms with Gasteiger partial charge < -0.3 is 15.4 Å². The van der Waals surface area contributed by atoms with E-state index in [4.69, 9.17) is 16.3 Å². The van der Waals surface area contributed by atoms with Gasteiger partial charge in [-0.2, -0.15) is 0 Å². The van der Waals surface area contributed by atoms with Crippen LogP contribution in [0.5, 0.6) is 5.75 Å². The maximum atomic E-state index is 12.4. The van der Waals surface area contributed by atoms with Gasteiger partial charge >= 0.3 is 0 Å². The molecule has 0 radical (unpaired) electrons. The van der Waals surface area contributed by atoms with Gasteiger partial charge in [0.25, 0.3) is 0 Å². The quantitative estimate of drug-likeness (QED) is 0.769. The summed E-state index contributed by atoms with van der Waals surface area (Å²) in [4.78, 5) is 12.4. The summed E-state index contributed by atoms with van der Waals surface area (Å²) in [7, 11) is 0. The van der Waals surface area contributed by atoms with Gasteiger partial charge in [0, 0.05) is 6.42 Å². The number of ether oxygens (including phenoxy) is 1. The minimum Gasteiger partial charge on any atom is -0.487 e. The Morgan fingerprint density at radius 2 is 2.17 bits per heavy atom. The molecule has 2 N–H and O–H groups in total. The molecule has 0 saturated carbocycles. The second-order valence-corrected chi connectivity index (χ2v) is 7.03. The summed E-state index contributed by atoms with van der Waals surface area (Å²) in [5.74, 6) is 1.49. The highest BCUT2D eigenvalue weighted by Gasteiger charge is 2.22. The van der Waals surface area contributed by atoms with Gasteiger partial charge in [-0.15, -0.1) is 12.4 Å². The van der Waals surface area contributed by atoms with Crippen LogP contribution in [0.4, 0.5) is 5.69 Å².